The summed E-state index contributed by atoms with van der Waals surface area (Å²) >= 11 is 0. The molecule has 310 valence electrons. The molecule has 2 atom stereocenters. The zero-order valence-corrected chi connectivity index (χ0v) is 34.9. The van der Waals surface area contributed by atoms with Gasteiger partial charge in [-0.15, -0.1) is 0 Å². The number of hydrogen-bond donors (Lipinski definition) is 2. The number of phosphoric ester groups is 1. The van der Waals surface area contributed by atoms with Crippen LogP contribution in [-0.4, -0.2) is 49.3 Å². The molecule has 0 rings (SSSR count). The van der Waals surface area contributed by atoms with E-state index in [1.165, 1.54) is 89.9 Å². The van der Waals surface area contributed by atoms with Crippen LogP contribution in [0.1, 0.15) is 194 Å². The highest BCUT2D eigenvalue weighted by Crippen LogP contribution is 2.43. The van der Waals surface area contributed by atoms with Gasteiger partial charge in [0.05, 0.1) is 13.2 Å². The van der Waals surface area contributed by atoms with Gasteiger partial charge >= 0.3 is 19.8 Å². The van der Waals surface area contributed by atoms with Crippen molar-refractivity contribution in [2.75, 3.05) is 26.4 Å². The Morgan fingerprint density at radius 1 is 0.585 bits per heavy atom. The Kier molecular flexibility index (Phi) is 38.6. The van der Waals surface area contributed by atoms with E-state index in [1.807, 2.05) is 0 Å². The van der Waals surface area contributed by atoms with Crippen LogP contribution in [0.2, 0.25) is 0 Å². The average Bonchev–Trinajstić information content (AvgIpc) is 3.14. The van der Waals surface area contributed by atoms with E-state index in [-0.39, 0.29) is 38.6 Å². The molecular formula is C43H80NO8P. The second-order valence-corrected chi connectivity index (χ2v) is 15.6. The molecule has 0 aliphatic rings. The SMILES string of the molecule is CCC=CCC=CCC=CCCCCCCCC(=O)O[C@H](COC(=O)CCCCCCCCCCCCCCCCCCC)COP(=O)(O)OCCN. The first-order chi connectivity index (χ1) is 25.8. The number of phosphoric acid groups is 1. The van der Waals surface area contributed by atoms with E-state index >= 15 is 0 Å². The molecule has 0 bridgehead atoms. The molecule has 0 spiro atoms. The largest absolute Gasteiger partial charge is 0.472 e. The van der Waals surface area contributed by atoms with Crippen molar-refractivity contribution in [3.63, 3.8) is 0 Å². The highest BCUT2D eigenvalue weighted by atomic mass is 31.2. The highest BCUT2D eigenvalue weighted by Gasteiger charge is 2.26. The van der Waals surface area contributed by atoms with E-state index in [4.69, 9.17) is 24.3 Å². The number of nitrogens with two attached hydrogens (primary N) is 1. The maximum absolute atomic E-state index is 12.6. The van der Waals surface area contributed by atoms with Crippen LogP contribution in [0.15, 0.2) is 36.5 Å². The minimum atomic E-state index is -4.38. The first kappa shape index (κ1) is 51.2. The maximum atomic E-state index is 12.6. The summed E-state index contributed by atoms with van der Waals surface area (Å²) < 4.78 is 32.7. The molecule has 0 radical (unpaired) electrons. The normalized spacial score (nSPS) is 13.7. The predicted molar refractivity (Wildman–Crippen MR) is 220 cm³/mol. The third kappa shape index (κ3) is 39.7. The molecule has 0 aromatic carbocycles. The molecule has 0 aromatic rings. The fourth-order valence-electron chi connectivity index (χ4n) is 5.88. The molecular weight excluding hydrogens is 689 g/mol. The summed E-state index contributed by atoms with van der Waals surface area (Å²) in [6.45, 7) is 3.61. The summed E-state index contributed by atoms with van der Waals surface area (Å²) in [4.78, 5) is 34.8. The van der Waals surface area contributed by atoms with E-state index in [0.717, 1.165) is 70.6 Å². The monoisotopic (exact) mass is 770 g/mol. The quantitative estimate of drug-likeness (QED) is 0.0270. The standard InChI is InChI=1S/C43H80NO8P/c1-3-5-7-9-11-13-15-17-19-20-22-23-25-27-29-31-33-35-42(45)49-39-41(40-51-53(47,48)50-38-37-44)52-43(46)36-34-32-30-28-26-24-21-18-16-14-12-10-8-6-4-2/h6,8,12,14,18,21,41H,3-5,7,9-11,13,15-17,19-20,22-40,44H2,1-2H3,(H,47,48)/t41-/m1/s1. The molecule has 9 nitrogen and oxygen atoms in total. The predicted octanol–water partition coefficient (Wildman–Crippen LogP) is 12.2. The second-order valence-electron chi connectivity index (χ2n) is 14.2. The van der Waals surface area contributed by atoms with Gasteiger partial charge in [0.2, 0.25) is 0 Å². The van der Waals surface area contributed by atoms with E-state index in [0.29, 0.717) is 6.42 Å². The highest BCUT2D eigenvalue weighted by molar-refractivity contribution is 7.47. The maximum Gasteiger partial charge on any atom is 0.472 e. The Morgan fingerprint density at radius 2 is 1.04 bits per heavy atom. The van der Waals surface area contributed by atoms with E-state index in [2.05, 4.69) is 50.3 Å². The van der Waals surface area contributed by atoms with Crippen LogP contribution in [0.5, 0.6) is 0 Å². The van der Waals surface area contributed by atoms with Crippen LogP contribution in [0.25, 0.3) is 0 Å². The van der Waals surface area contributed by atoms with Crippen molar-refractivity contribution >= 4 is 19.8 Å². The van der Waals surface area contributed by atoms with E-state index in [1.54, 1.807) is 0 Å². The smallest absolute Gasteiger partial charge is 0.462 e. The van der Waals surface area contributed by atoms with Gasteiger partial charge in [-0.2, -0.15) is 0 Å². The number of carbonyl (C=O) groups is 2. The summed E-state index contributed by atoms with van der Waals surface area (Å²) in [5.41, 5.74) is 5.34. The fraction of sp³-hybridized carbons (Fsp3) is 0.814. The average molecular weight is 770 g/mol. The summed E-state index contributed by atoms with van der Waals surface area (Å²) in [5.74, 6) is -0.843. The van der Waals surface area contributed by atoms with E-state index in [9.17, 15) is 19.0 Å². The van der Waals surface area contributed by atoms with Gasteiger partial charge in [-0.3, -0.25) is 18.6 Å². The fourth-order valence-corrected chi connectivity index (χ4v) is 6.65. The molecule has 3 N–H and O–H groups in total. The lowest BCUT2D eigenvalue weighted by Crippen LogP contribution is -2.29. The van der Waals surface area contributed by atoms with Crippen LogP contribution in [0.3, 0.4) is 0 Å². The van der Waals surface area contributed by atoms with Gasteiger partial charge in [-0.1, -0.05) is 172 Å². The van der Waals surface area contributed by atoms with Gasteiger partial charge in [-0.25, -0.2) is 4.57 Å². The van der Waals surface area contributed by atoms with Crippen LogP contribution < -0.4 is 5.73 Å². The summed E-state index contributed by atoms with van der Waals surface area (Å²) in [6, 6.07) is 0. The molecule has 0 saturated heterocycles. The molecule has 53 heavy (non-hydrogen) atoms. The molecule has 0 fully saturated rings. The minimum absolute atomic E-state index is 0.0507. The summed E-state index contributed by atoms with van der Waals surface area (Å²) in [6.07, 6.45) is 43.2. The van der Waals surface area contributed by atoms with Crippen LogP contribution >= 0.6 is 7.82 Å². The minimum Gasteiger partial charge on any atom is -0.462 e. The molecule has 10 heteroatoms. The zero-order chi connectivity index (χ0) is 38.9. The Labute approximate surface area is 324 Å². The van der Waals surface area contributed by atoms with E-state index < -0.39 is 26.5 Å². The summed E-state index contributed by atoms with van der Waals surface area (Å²) in [7, 11) is -4.38. The Hall–Kier alpha value is -1.77. The number of rotatable bonds is 40. The Morgan fingerprint density at radius 3 is 1.55 bits per heavy atom. The molecule has 0 aliphatic heterocycles. The van der Waals surface area contributed by atoms with Crippen molar-refractivity contribution in [1.82, 2.24) is 0 Å². The first-order valence-corrected chi connectivity index (χ1v) is 23.0. The number of carbonyl (C=O) groups excluding carboxylic acids is 2. The lowest BCUT2D eigenvalue weighted by atomic mass is 10.0. The Balaban J connectivity index is 4.15. The van der Waals surface area contributed by atoms with Gasteiger partial charge in [0.15, 0.2) is 6.10 Å². The topological polar surface area (TPSA) is 134 Å². The number of unbranched alkanes of at least 4 members (excludes halogenated alkanes) is 21. The van der Waals surface area contributed by atoms with Gasteiger partial charge in [-0.05, 0) is 44.9 Å². The molecule has 0 aliphatic carbocycles. The van der Waals surface area contributed by atoms with Gasteiger partial charge in [0.1, 0.15) is 6.61 Å². The van der Waals surface area contributed by atoms with Crippen molar-refractivity contribution in [1.29, 1.82) is 0 Å². The lowest BCUT2D eigenvalue weighted by molar-refractivity contribution is -0.161. The van der Waals surface area contributed by atoms with Crippen LogP contribution in [0, 0.1) is 0 Å². The number of ether oxygens (including phenoxy) is 2. The molecule has 0 aromatic heterocycles. The van der Waals surface area contributed by atoms with Gasteiger partial charge in [0, 0.05) is 19.4 Å². The van der Waals surface area contributed by atoms with Crippen molar-refractivity contribution < 1.29 is 37.6 Å². The Bertz CT molecular complexity index is 970. The lowest BCUT2D eigenvalue weighted by Gasteiger charge is -2.19. The number of allylic oxidation sites excluding steroid dienone is 6. The molecule has 0 amide bonds. The molecule has 1 unspecified atom stereocenters. The zero-order valence-electron chi connectivity index (χ0n) is 34.0. The van der Waals surface area contributed by atoms with Crippen molar-refractivity contribution in [2.24, 2.45) is 5.73 Å². The van der Waals surface area contributed by atoms with Gasteiger partial charge < -0.3 is 20.1 Å². The first-order valence-electron chi connectivity index (χ1n) is 21.5. The van der Waals surface area contributed by atoms with Crippen molar-refractivity contribution in [3.05, 3.63) is 36.5 Å². The van der Waals surface area contributed by atoms with Crippen molar-refractivity contribution in [2.45, 2.75) is 200 Å². The second kappa shape index (κ2) is 39.9. The molecule has 0 saturated carbocycles. The number of hydrogen-bond acceptors (Lipinski definition) is 8. The molecule has 0 heterocycles. The van der Waals surface area contributed by atoms with Gasteiger partial charge in [0.25, 0.3) is 0 Å². The van der Waals surface area contributed by atoms with Crippen LogP contribution in [-0.2, 0) is 32.7 Å². The van der Waals surface area contributed by atoms with Crippen LogP contribution in [0.4, 0.5) is 0 Å². The third-order valence-electron chi connectivity index (χ3n) is 9.04. The summed E-state index contributed by atoms with van der Waals surface area (Å²) in [5, 5.41) is 0. The van der Waals surface area contributed by atoms with Crippen molar-refractivity contribution in [3.8, 4) is 0 Å². The third-order valence-corrected chi connectivity index (χ3v) is 10.0. The number of esters is 2.